The van der Waals surface area contributed by atoms with E-state index in [9.17, 15) is 0 Å². The van der Waals surface area contributed by atoms with Crippen molar-refractivity contribution in [3.63, 3.8) is 0 Å². The third kappa shape index (κ3) is 5.02. The van der Waals surface area contributed by atoms with Crippen LogP contribution in [0.2, 0.25) is 0 Å². The van der Waals surface area contributed by atoms with Gasteiger partial charge >= 0.3 is 0 Å². The largest absolute Gasteiger partial charge is 0.308 e. The minimum absolute atomic E-state index is 0.284. The van der Waals surface area contributed by atoms with E-state index in [0.717, 1.165) is 6.54 Å². The molecule has 0 saturated heterocycles. The molecule has 17 heavy (non-hydrogen) atoms. The van der Waals surface area contributed by atoms with Crippen LogP contribution in [0.5, 0.6) is 0 Å². The maximum Gasteiger partial charge on any atom is 0.0302 e. The zero-order chi connectivity index (χ0) is 12.9. The van der Waals surface area contributed by atoms with E-state index in [1.54, 1.807) is 0 Å². The van der Waals surface area contributed by atoms with Crippen LogP contribution in [0, 0.1) is 0 Å². The van der Waals surface area contributed by atoms with Crippen molar-refractivity contribution in [2.24, 2.45) is 0 Å². The lowest BCUT2D eigenvalue weighted by atomic mass is 9.95. The average Bonchev–Trinajstić information content (AvgIpc) is 2.72. The molecule has 0 fully saturated rings. The molecule has 1 atom stereocenters. The molecular formula is C14H25NS2. The highest BCUT2D eigenvalue weighted by Crippen LogP contribution is 2.29. The predicted octanol–water partition coefficient (Wildman–Crippen LogP) is 4.28. The van der Waals surface area contributed by atoms with Gasteiger partial charge in [-0.2, -0.15) is 11.8 Å². The van der Waals surface area contributed by atoms with Gasteiger partial charge in [-0.05, 0) is 30.2 Å². The summed E-state index contributed by atoms with van der Waals surface area (Å²) in [6.45, 7) is 10.1. The van der Waals surface area contributed by atoms with Crippen LogP contribution in [-0.2, 0) is 12.0 Å². The molecule has 0 radical (unpaired) electrons. The standard InChI is InChI=1S/C14H25NS2/c1-6-11(10-16-5)15-9-12-7-8-13(17-12)14(2,3)4/h7-8,11,15H,6,9-10H2,1-5H3. The summed E-state index contributed by atoms with van der Waals surface area (Å²) in [5.74, 6) is 1.20. The quantitative estimate of drug-likeness (QED) is 0.829. The van der Waals surface area contributed by atoms with Gasteiger partial charge in [-0.15, -0.1) is 11.3 Å². The Labute approximate surface area is 114 Å². The smallest absolute Gasteiger partial charge is 0.0302 e. The maximum atomic E-state index is 3.64. The maximum absolute atomic E-state index is 3.64. The summed E-state index contributed by atoms with van der Waals surface area (Å²) in [6, 6.07) is 5.19. The van der Waals surface area contributed by atoms with E-state index in [1.165, 1.54) is 21.9 Å². The van der Waals surface area contributed by atoms with Crippen LogP contribution >= 0.6 is 23.1 Å². The summed E-state index contributed by atoms with van der Waals surface area (Å²) >= 11 is 3.86. The van der Waals surface area contributed by atoms with Gasteiger partial charge in [0.1, 0.15) is 0 Å². The molecule has 0 aromatic carbocycles. The number of hydrogen-bond acceptors (Lipinski definition) is 3. The highest BCUT2D eigenvalue weighted by molar-refractivity contribution is 7.98. The molecule has 98 valence electrons. The number of thioether (sulfide) groups is 1. The Kier molecular flexibility index (Phi) is 6.04. The molecule has 0 spiro atoms. The van der Waals surface area contributed by atoms with Crippen LogP contribution < -0.4 is 5.32 Å². The van der Waals surface area contributed by atoms with Gasteiger partial charge in [0.2, 0.25) is 0 Å². The van der Waals surface area contributed by atoms with Crippen LogP contribution in [0.25, 0.3) is 0 Å². The summed E-state index contributed by atoms with van der Waals surface area (Å²) in [6.07, 6.45) is 3.38. The molecule has 1 N–H and O–H groups in total. The minimum Gasteiger partial charge on any atom is -0.308 e. The number of nitrogens with one attached hydrogen (secondary N) is 1. The highest BCUT2D eigenvalue weighted by Gasteiger charge is 2.16. The van der Waals surface area contributed by atoms with Crippen molar-refractivity contribution < 1.29 is 0 Å². The van der Waals surface area contributed by atoms with Crippen LogP contribution in [0.3, 0.4) is 0 Å². The monoisotopic (exact) mass is 271 g/mol. The van der Waals surface area contributed by atoms with Crippen LogP contribution in [0.4, 0.5) is 0 Å². The Morgan fingerprint density at radius 1 is 1.35 bits per heavy atom. The fourth-order valence-electron chi connectivity index (χ4n) is 1.64. The Balaban J connectivity index is 2.49. The predicted molar refractivity (Wildman–Crippen MR) is 82.3 cm³/mol. The average molecular weight is 271 g/mol. The summed E-state index contributed by atoms with van der Waals surface area (Å²) in [5, 5.41) is 3.64. The second-order valence-corrected chi connectivity index (χ2v) is 7.54. The number of thiophene rings is 1. The second kappa shape index (κ2) is 6.81. The van der Waals surface area contributed by atoms with Gasteiger partial charge < -0.3 is 5.32 Å². The van der Waals surface area contributed by atoms with Crippen molar-refractivity contribution in [2.45, 2.75) is 52.1 Å². The van der Waals surface area contributed by atoms with E-state index < -0.39 is 0 Å². The Bertz CT molecular complexity index is 325. The summed E-state index contributed by atoms with van der Waals surface area (Å²) in [4.78, 5) is 2.93. The molecule has 1 unspecified atom stereocenters. The van der Waals surface area contributed by atoms with Crippen molar-refractivity contribution in [1.29, 1.82) is 0 Å². The molecule has 0 aliphatic heterocycles. The van der Waals surface area contributed by atoms with Crippen molar-refractivity contribution in [3.05, 3.63) is 21.9 Å². The van der Waals surface area contributed by atoms with E-state index in [0.29, 0.717) is 6.04 Å². The SMILES string of the molecule is CCC(CSC)NCc1ccc(C(C)(C)C)s1. The zero-order valence-corrected chi connectivity index (χ0v) is 13.3. The van der Waals surface area contributed by atoms with Gasteiger partial charge in [0.05, 0.1) is 0 Å². The highest BCUT2D eigenvalue weighted by atomic mass is 32.2. The molecule has 3 heteroatoms. The number of rotatable bonds is 6. The first-order valence-corrected chi connectivity index (χ1v) is 8.50. The Hall–Kier alpha value is 0.01000. The summed E-state index contributed by atoms with van der Waals surface area (Å²) < 4.78 is 0. The van der Waals surface area contributed by atoms with Gasteiger partial charge in [-0.1, -0.05) is 27.7 Å². The first-order chi connectivity index (χ1) is 7.97. The molecule has 1 aromatic heterocycles. The third-order valence-electron chi connectivity index (χ3n) is 2.83. The zero-order valence-electron chi connectivity index (χ0n) is 11.7. The van der Waals surface area contributed by atoms with E-state index in [1.807, 2.05) is 23.1 Å². The molecule has 0 aliphatic rings. The van der Waals surface area contributed by atoms with E-state index >= 15 is 0 Å². The lowest BCUT2D eigenvalue weighted by molar-refractivity contribution is 0.544. The van der Waals surface area contributed by atoms with Gasteiger partial charge in [-0.3, -0.25) is 0 Å². The van der Waals surface area contributed by atoms with Crippen molar-refractivity contribution in [1.82, 2.24) is 5.32 Å². The van der Waals surface area contributed by atoms with E-state index in [2.05, 4.69) is 51.4 Å². The van der Waals surface area contributed by atoms with E-state index in [4.69, 9.17) is 0 Å². The summed E-state index contributed by atoms with van der Waals surface area (Å²) in [7, 11) is 0. The third-order valence-corrected chi connectivity index (χ3v) is 5.07. The second-order valence-electron chi connectivity index (χ2n) is 5.46. The van der Waals surface area contributed by atoms with Crippen LogP contribution in [0.1, 0.15) is 43.9 Å². The fraction of sp³-hybridized carbons (Fsp3) is 0.714. The lowest BCUT2D eigenvalue weighted by Crippen LogP contribution is -2.29. The topological polar surface area (TPSA) is 12.0 Å². The summed E-state index contributed by atoms with van der Waals surface area (Å²) in [5.41, 5.74) is 0.284. The van der Waals surface area contributed by atoms with E-state index in [-0.39, 0.29) is 5.41 Å². The van der Waals surface area contributed by atoms with Gasteiger partial charge in [-0.25, -0.2) is 0 Å². The Morgan fingerprint density at radius 2 is 2.06 bits per heavy atom. The molecule has 1 aromatic rings. The molecule has 0 aliphatic carbocycles. The molecule has 1 nitrogen and oxygen atoms in total. The van der Waals surface area contributed by atoms with Crippen LogP contribution in [0.15, 0.2) is 12.1 Å². The molecule has 0 bridgehead atoms. The fourth-order valence-corrected chi connectivity index (χ4v) is 3.42. The first kappa shape index (κ1) is 15.1. The molecule has 1 heterocycles. The minimum atomic E-state index is 0.284. The first-order valence-electron chi connectivity index (χ1n) is 6.29. The molecule has 1 rings (SSSR count). The van der Waals surface area contributed by atoms with Gasteiger partial charge in [0.15, 0.2) is 0 Å². The normalized spacial score (nSPS) is 13.9. The molecule has 0 saturated carbocycles. The van der Waals surface area contributed by atoms with Crippen LogP contribution in [-0.4, -0.2) is 18.1 Å². The van der Waals surface area contributed by atoms with Gasteiger partial charge in [0, 0.05) is 28.1 Å². The Morgan fingerprint density at radius 3 is 2.53 bits per heavy atom. The molecule has 0 amide bonds. The number of hydrogen-bond donors (Lipinski definition) is 1. The van der Waals surface area contributed by atoms with Gasteiger partial charge in [0.25, 0.3) is 0 Å². The lowest BCUT2D eigenvalue weighted by Gasteiger charge is -2.16. The molecular weight excluding hydrogens is 246 g/mol. The van der Waals surface area contributed by atoms with Crippen molar-refractivity contribution >= 4 is 23.1 Å². The van der Waals surface area contributed by atoms with Crippen molar-refractivity contribution in [3.8, 4) is 0 Å². The van der Waals surface area contributed by atoms with Crippen molar-refractivity contribution in [2.75, 3.05) is 12.0 Å².